The highest BCUT2D eigenvalue weighted by molar-refractivity contribution is 6.09. The van der Waals surface area contributed by atoms with Crippen molar-refractivity contribution >= 4 is 34.1 Å². The van der Waals surface area contributed by atoms with Gasteiger partial charge >= 0.3 is 0 Å². The molecule has 1 saturated heterocycles. The van der Waals surface area contributed by atoms with Crippen LogP contribution in [0.4, 0.5) is 17.2 Å². The Morgan fingerprint density at radius 1 is 1.15 bits per heavy atom. The van der Waals surface area contributed by atoms with E-state index in [-0.39, 0.29) is 18.7 Å². The van der Waals surface area contributed by atoms with Gasteiger partial charge in [-0.2, -0.15) is 5.10 Å². The number of likely N-dealkylation sites (tertiary alicyclic amines) is 1. The lowest BCUT2D eigenvalue weighted by atomic mass is 10.1. The maximum Gasteiger partial charge on any atom is 0.257 e. The first-order chi connectivity index (χ1) is 19.5. The lowest BCUT2D eigenvalue weighted by Crippen LogP contribution is -2.33. The van der Waals surface area contributed by atoms with Crippen LogP contribution >= 0.6 is 0 Å². The number of benzene rings is 2. The molecule has 0 unspecified atom stereocenters. The Hall–Kier alpha value is -4.80. The predicted molar refractivity (Wildman–Crippen MR) is 155 cm³/mol. The second kappa shape index (κ2) is 10.4. The molecule has 2 aliphatic heterocycles. The van der Waals surface area contributed by atoms with Crippen molar-refractivity contribution in [2.45, 2.75) is 25.8 Å². The van der Waals surface area contributed by atoms with E-state index in [4.69, 9.17) is 20.3 Å². The Kier molecular flexibility index (Phi) is 6.63. The van der Waals surface area contributed by atoms with Crippen LogP contribution < -0.4 is 25.4 Å². The molecule has 0 bridgehead atoms. The van der Waals surface area contributed by atoms with Crippen molar-refractivity contribution in [1.29, 1.82) is 0 Å². The van der Waals surface area contributed by atoms with Crippen LogP contribution in [0.5, 0.6) is 11.5 Å². The zero-order valence-electron chi connectivity index (χ0n) is 22.8. The lowest BCUT2D eigenvalue weighted by Gasteiger charge is -2.32. The number of nitrogens with one attached hydrogen (secondary N) is 1. The average molecular weight is 541 g/mol. The SMILES string of the molecule is CC=CN1CCC[C@@H](n2nc(-c3ccc(NC(=O)c4ccccc4N(C)C)c4c3OCO4)c3c(N)ncnc32)C1. The van der Waals surface area contributed by atoms with Crippen molar-refractivity contribution in [2.24, 2.45) is 0 Å². The van der Waals surface area contributed by atoms with Gasteiger partial charge in [-0.05, 0) is 50.2 Å². The molecule has 11 heteroatoms. The fraction of sp³-hybridized carbons (Fsp3) is 0.310. The summed E-state index contributed by atoms with van der Waals surface area (Å²) in [6, 6.07) is 11.2. The average Bonchev–Trinajstić information content (AvgIpc) is 3.60. The number of hydrogen-bond donors (Lipinski definition) is 2. The number of anilines is 3. The van der Waals surface area contributed by atoms with Gasteiger partial charge in [-0.3, -0.25) is 4.79 Å². The summed E-state index contributed by atoms with van der Waals surface area (Å²) in [6.07, 6.45) is 7.66. The Balaban J connectivity index is 1.40. The molecule has 40 heavy (non-hydrogen) atoms. The van der Waals surface area contributed by atoms with E-state index in [1.165, 1.54) is 6.33 Å². The molecule has 206 valence electrons. The maximum atomic E-state index is 13.3. The van der Waals surface area contributed by atoms with Crippen LogP contribution in [-0.4, -0.2) is 64.5 Å². The number of fused-ring (bicyclic) bond motifs is 2. The minimum atomic E-state index is -0.245. The van der Waals surface area contributed by atoms with Crippen molar-refractivity contribution in [3.05, 3.63) is 60.6 Å². The first-order valence-corrected chi connectivity index (χ1v) is 13.3. The third kappa shape index (κ3) is 4.42. The van der Waals surface area contributed by atoms with E-state index in [2.05, 4.69) is 32.5 Å². The summed E-state index contributed by atoms with van der Waals surface area (Å²) in [5.74, 6) is 1.04. The van der Waals surface area contributed by atoms with Gasteiger partial charge in [0.25, 0.3) is 5.91 Å². The van der Waals surface area contributed by atoms with Crippen LogP contribution in [0.1, 0.15) is 36.2 Å². The zero-order chi connectivity index (χ0) is 27.8. The van der Waals surface area contributed by atoms with Crippen LogP contribution in [0.25, 0.3) is 22.3 Å². The van der Waals surface area contributed by atoms with Gasteiger partial charge in [0.1, 0.15) is 17.8 Å². The van der Waals surface area contributed by atoms with Crippen molar-refractivity contribution in [1.82, 2.24) is 24.6 Å². The number of para-hydroxylation sites is 1. The Labute approximate surface area is 232 Å². The molecule has 2 aromatic heterocycles. The Morgan fingerprint density at radius 2 is 1.98 bits per heavy atom. The molecule has 2 aliphatic rings. The summed E-state index contributed by atoms with van der Waals surface area (Å²) < 4.78 is 13.8. The predicted octanol–water partition coefficient (Wildman–Crippen LogP) is 4.29. The largest absolute Gasteiger partial charge is 0.453 e. The van der Waals surface area contributed by atoms with E-state index < -0.39 is 0 Å². The van der Waals surface area contributed by atoms with E-state index in [0.717, 1.165) is 31.6 Å². The molecule has 0 radical (unpaired) electrons. The fourth-order valence-electron chi connectivity index (χ4n) is 5.49. The highest BCUT2D eigenvalue weighted by Crippen LogP contribution is 2.48. The van der Waals surface area contributed by atoms with Crippen LogP contribution in [-0.2, 0) is 0 Å². The maximum absolute atomic E-state index is 13.3. The number of hydrogen-bond acceptors (Lipinski definition) is 9. The molecule has 4 heterocycles. The molecular weight excluding hydrogens is 508 g/mol. The quantitative estimate of drug-likeness (QED) is 0.368. The van der Waals surface area contributed by atoms with Crippen molar-refractivity contribution in [2.75, 3.05) is 49.9 Å². The van der Waals surface area contributed by atoms with Crippen LogP contribution in [0.15, 0.2) is 55.0 Å². The Bertz CT molecular complexity index is 1610. The summed E-state index contributed by atoms with van der Waals surface area (Å²) >= 11 is 0. The lowest BCUT2D eigenvalue weighted by molar-refractivity contribution is 0.102. The standard InChI is InChI=1S/C29H32N8O3/c1-4-13-36-14-7-8-18(15-36)37-28-23(27(30)31-16-32-28)24(34-37)20-11-12-21(26-25(20)39-17-40-26)33-29(38)19-9-5-6-10-22(19)35(2)3/h4-6,9-13,16,18H,7-8,14-15,17H2,1-3H3,(H,33,38)(H2,30,31,32)/t18-/m1/s1. The Morgan fingerprint density at radius 3 is 2.80 bits per heavy atom. The van der Waals surface area contributed by atoms with Gasteiger partial charge in [0.05, 0.1) is 22.7 Å². The first kappa shape index (κ1) is 25.5. The van der Waals surface area contributed by atoms with Gasteiger partial charge in [0.2, 0.25) is 6.79 Å². The second-order valence-corrected chi connectivity index (χ2v) is 10.1. The molecule has 1 amide bonds. The minimum Gasteiger partial charge on any atom is -0.453 e. The summed E-state index contributed by atoms with van der Waals surface area (Å²) in [6.45, 7) is 3.88. The zero-order valence-corrected chi connectivity index (χ0v) is 22.8. The summed E-state index contributed by atoms with van der Waals surface area (Å²) in [7, 11) is 3.81. The summed E-state index contributed by atoms with van der Waals surface area (Å²) in [4.78, 5) is 26.3. The van der Waals surface area contributed by atoms with Crippen molar-refractivity contribution in [3.8, 4) is 22.8 Å². The number of nitrogens with two attached hydrogens (primary N) is 1. The smallest absolute Gasteiger partial charge is 0.257 e. The minimum absolute atomic E-state index is 0.0229. The van der Waals surface area contributed by atoms with E-state index >= 15 is 0 Å². The number of amides is 1. The highest BCUT2D eigenvalue weighted by atomic mass is 16.7. The molecule has 6 rings (SSSR count). The molecule has 4 aromatic rings. The third-order valence-electron chi connectivity index (χ3n) is 7.30. The van der Waals surface area contributed by atoms with E-state index in [9.17, 15) is 4.79 Å². The summed E-state index contributed by atoms with van der Waals surface area (Å²) in [5, 5.41) is 8.70. The number of carbonyl (C=O) groups excluding carboxylic acids is 1. The molecule has 1 atom stereocenters. The van der Waals surface area contributed by atoms with Gasteiger partial charge in [-0.1, -0.05) is 18.2 Å². The van der Waals surface area contributed by atoms with Gasteiger partial charge < -0.3 is 30.3 Å². The third-order valence-corrected chi connectivity index (χ3v) is 7.30. The topological polar surface area (TPSA) is 124 Å². The van der Waals surface area contributed by atoms with Gasteiger partial charge in [0, 0.05) is 38.4 Å². The molecule has 11 nitrogen and oxygen atoms in total. The molecule has 1 fully saturated rings. The number of nitrogen functional groups attached to an aromatic ring is 1. The number of ether oxygens (including phenoxy) is 2. The number of nitrogens with zero attached hydrogens (tertiary/aromatic N) is 6. The van der Waals surface area contributed by atoms with E-state index in [1.54, 1.807) is 12.1 Å². The highest BCUT2D eigenvalue weighted by Gasteiger charge is 2.30. The molecule has 0 spiro atoms. The summed E-state index contributed by atoms with van der Waals surface area (Å²) in [5.41, 5.74) is 10.3. The second-order valence-electron chi connectivity index (χ2n) is 10.1. The van der Waals surface area contributed by atoms with Crippen LogP contribution in [0, 0.1) is 0 Å². The fourth-order valence-corrected chi connectivity index (χ4v) is 5.49. The number of allylic oxidation sites excluding steroid dienone is 1. The molecule has 0 saturated carbocycles. The van der Waals surface area contributed by atoms with Gasteiger partial charge in [-0.15, -0.1) is 0 Å². The first-order valence-electron chi connectivity index (χ1n) is 13.3. The van der Waals surface area contributed by atoms with Crippen LogP contribution in [0.2, 0.25) is 0 Å². The molecule has 3 N–H and O–H groups in total. The molecule has 2 aromatic carbocycles. The number of rotatable bonds is 6. The van der Waals surface area contributed by atoms with Crippen LogP contribution in [0.3, 0.4) is 0 Å². The van der Waals surface area contributed by atoms with E-state index in [0.29, 0.717) is 50.9 Å². The number of aromatic nitrogens is 4. The molecule has 0 aliphatic carbocycles. The van der Waals surface area contributed by atoms with Crippen molar-refractivity contribution in [3.63, 3.8) is 0 Å². The van der Waals surface area contributed by atoms with Gasteiger partial charge in [0.15, 0.2) is 17.1 Å². The molecular formula is C29H32N8O3. The van der Waals surface area contributed by atoms with Crippen molar-refractivity contribution < 1.29 is 14.3 Å². The number of piperidine rings is 1. The van der Waals surface area contributed by atoms with E-state index in [1.807, 2.05) is 54.9 Å². The van der Waals surface area contributed by atoms with Gasteiger partial charge in [-0.25, -0.2) is 14.6 Å². The number of carbonyl (C=O) groups is 1. The monoisotopic (exact) mass is 540 g/mol. The normalized spacial score (nSPS) is 16.6.